The molecule has 17 heavy (non-hydrogen) atoms. The SMILES string of the molecule is CNC(=S)N1CCN(c2ccc(F)cc2)CC1. The van der Waals surface area contributed by atoms with Gasteiger partial charge >= 0.3 is 0 Å². The molecule has 92 valence electrons. The Morgan fingerprint density at radius 3 is 2.29 bits per heavy atom. The van der Waals surface area contributed by atoms with Crippen molar-refractivity contribution in [2.75, 3.05) is 38.1 Å². The van der Waals surface area contributed by atoms with Crippen LogP contribution in [0.4, 0.5) is 10.1 Å². The van der Waals surface area contributed by atoms with Crippen molar-refractivity contribution in [1.82, 2.24) is 10.2 Å². The van der Waals surface area contributed by atoms with Gasteiger partial charge in [0.15, 0.2) is 5.11 Å². The lowest BCUT2D eigenvalue weighted by Crippen LogP contribution is -2.51. The van der Waals surface area contributed by atoms with Crippen molar-refractivity contribution in [2.24, 2.45) is 0 Å². The highest BCUT2D eigenvalue weighted by Crippen LogP contribution is 2.16. The summed E-state index contributed by atoms with van der Waals surface area (Å²) < 4.78 is 12.8. The second kappa shape index (κ2) is 5.31. The van der Waals surface area contributed by atoms with Crippen LogP contribution in [0, 0.1) is 5.82 Å². The fraction of sp³-hybridized carbons (Fsp3) is 0.417. The minimum Gasteiger partial charge on any atom is -0.368 e. The average Bonchev–Trinajstić information content (AvgIpc) is 2.39. The van der Waals surface area contributed by atoms with Crippen molar-refractivity contribution >= 4 is 23.0 Å². The molecule has 0 atom stereocenters. The molecule has 0 saturated carbocycles. The first kappa shape index (κ1) is 12.1. The normalized spacial score (nSPS) is 15.9. The zero-order valence-corrected chi connectivity index (χ0v) is 10.6. The van der Waals surface area contributed by atoms with E-state index in [0.717, 1.165) is 37.0 Å². The molecule has 1 aromatic rings. The Morgan fingerprint density at radius 2 is 1.76 bits per heavy atom. The van der Waals surface area contributed by atoms with Gasteiger partial charge < -0.3 is 15.1 Å². The van der Waals surface area contributed by atoms with Gasteiger partial charge in [-0.2, -0.15) is 0 Å². The van der Waals surface area contributed by atoms with E-state index >= 15 is 0 Å². The molecule has 3 nitrogen and oxygen atoms in total. The molecule has 0 unspecified atom stereocenters. The average molecular weight is 253 g/mol. The van der Waals surface area contributed by atoms with Crippen molar-refractivity contribution in [3.05, 3.63) is 30.1 Å². The van der Waals surface area contributed by atoms with Crippen molar-refractivity contribution in [3.63, 3.8) is 0 Å². The van der Waals surface area contributed by atoms with E-state index in [4.69, 9.17) is 12.2 Å². The molecule has 2 rings (SSSR count). The number of piperazine rings is 1. The van der Waals surface area contributed by atoms with Crippen molar-refractivity contribution < 1.29 is 4.39 Å². The van der Waals surface area contributed by atoms with Gasteiger partial charge in [0.25, 0.3) is 0 Å². The van der Waals surface area contributed by atoms with Gasteiger partial charge in [0.1, 0.15) is 5.82 Å². The molecule has 0 spiro atoms. The predicted octanol–water partition coefficient (Wildman–Crippen LogP) is 1.45. The molecule has 0 bridgehead atoms. The number of anilines is 1. The third kappa shape index (κ3) is 2.85. The van der Waals surface area contributed by atoms with Crippen molar-refractivity contribution in [1.29, 1.82) is 0 Å². The highest BCUT2D eigenvalue weighted by molar-refractivity contribution is 7.80. The molecule has 1 saturated heterocycles. The van der Waals surface area contributed by atoms with Gasteiger partial charge in [-0.3, -0.25) is 0 Å². The highest BCUT2D eigenvalue weighted by Gasteiger charge is 2.18. The second-order valence-corrected chi connectivity index (χ2v) is 4.39. The van der Waals surface area contributed by atoms with Crippen LogP contribution >= 0.6 is 12.2 Å². The fourth-order valence-corrected chi connectivity index (χ4v) is 2.16. The molecule has 1 N–H and O–H groups in total. The van der Waals surface area contributed by atoms with E-state index in [1.165, 1.54) is 12.1 Å². The summed E-state index contributed by atoms with van der Waals surface area (Å²) in [7, 11) is 1.84. The van der Waals surface area contributed by atoms with Crippen LogP contribution in [0.2, 0.25) is 0 Å². The molecule has 1 heterocycles. The van der Waals surface area contributed by atoms with Gasteiger partial charge in [0.2, 0.25) is 0 Å². The van der Waals surface area contributed by atoms with Crippen LogP contribution in [-0.2, 0) is 0 Å². The largest absolute Gasteiger partial charge is 0.368 e. The Hall–Kier alpha value is -1.36. The van der Waals surface area contributed by atoms with E-state index in [2.05, 4.69) is 15.1 Å². The van der Waals surface area contributed by atoms with Crippen LogP contribution in [0.25, 0.3) is 0 Å². The van der Waals surface area contributed by atoms with Gasteiger partial charge in [-0.25, -0.2) is 4.39 Å². The number of halogens is 1. The quantitative estimate of drug-likeness (QED) is 0.763. The summed E-state index contributed by atoms with van der Waals surface area (Å²) in [5.74, 6) is -0.191. The first-order valence-corrected chi connectivity index (χ1v) is 6.08. The molecule has 5 heteroatoms. The summed E-state index contributed by atoms with van der Waals surface area (Å²) >= 11 is 5.19. The smallest absolute Gasteiger partial charge is 0.168 e. The number of hydrogen-bond donors (Lipinski definition) is 1. The molecular weight excluding hydrogens is 237 g/mol. The number of hydrogen-bond acceptors (Lipinski definition) is 2. The van der Waals surface area contributed by atoms with Crippen molar-refractivity contribution in [3.8, 4) is 0 Å². The summed E-state index contributed by atoms with van der Waals surface area (Å²) in [6, 6.07) is 6.64. The lowest BCUT2D eigenvalue weighted by atomic mass is 10.2. The zero-order chi connectivity index (χ0) is 12.3. The van der Waals surface area contributed by atoms with Gasteiger partial charge in [-0.05, 0) is 36.5 Å². The summed E-state index contributed by atoms with van der Waals surface area (Å²) in [5, 5.41) is 3.78. The summed E-state index contributed by atoms with van der Waals surface area (Å²) in [4.78, 5) is 4.39. The summed E-state index contributed by atoms with van der Waals surface area (Å²) in [6.07, 6.45) is 0. The Balaban J connectivity index is 1.95. The lowest BCUT2D eigenvalue weighted by molar-refractivity contribution is 0.383. The lowest BCUT2D eigenvalue weighted by Gasteiger charge is -2.37. The van der Waals surface area contributed by atoms with Crippen LogP contribution < -0.4 is 10.2 Å². The first-order valence-electron chi connectivity index (χ1n) is 5.68. The van der Waals surface area contributed by atoms with E-state index in [0.29, 0.717) is 0 Å². The third-order valence-electron chi connectivity index (χ3n) is 2.97. The summed E-state index contributed by atoms with van der Waals surface area (Å²) in [6.45, 7) is 3.62. The Labute approximate surface area is 106 Å². The van der Waals surface area contributed by atoms with E-state index in [1.807, 2.05) is 19.2 Å². The third-order valence-corrected chi connectivity index (χ3v) is 3.43. The van der Waals surface area contributed by atoms with Gasteiger partial charge in [-0.1, -0.05) is 0 Å². The molecule has 0 amide bonds. The topological polar surface area (TPSA) is 18.5 Å². The second-order valence-electron chi connectivity index (χ2n) is 4.01. The maximum absolute atomic E-state index is 12.8. The molecule has 0 aliphatic carbocycles. The molecule has 1 aliphatic heterocycles. The minimum atomic E-state index is -0.191. The standard InChI is InChI=1S/C12H16FN3S/c1-14-12(17)16-8-6-15(7-9-16)11-4-2-10(13)3-5-11/h2-5H,6-9H2,1H3,(H,14,17). The molecule has 1 fully saturated rings. The predicted molar refractivity (Wildman–Crippen MR) is 71.8 cm³/mol. The molecule has 0 radical (unpaired) electrons. The zero-order valence-electron chi connectivity index (χ0n) is 9.82. The molecular formula is C12H16FN3S. The number of nitrogens with one attached hydrogen (secondary N) is 1. The van der Waals surface area contributed by atoms with E-state index < -0.39 is 0 Å². The number of rotatable bonds is 1. The van der Waals surface area contributed by atoms with E-state index in [1.54, 1.807) is 0 Å². The van der Waals surface area contributed by atoms with Gasteiger partial charge in [0, 0.05) is 38.9 Å². The highest BCUT2D eigenvalue weighted by atomic mass is 32.1. The minimum absolute atomic E-state index is 0.191. The first-order chi connectivity index (χ1) is 8.20. The number of nitrogens with zero attached hydrogens (tertiary/aromatic N) is 2. The van der Waals surface area contributed by atoms with Crippen LogP contribution in [0.5, 0.6) is 0 Å². The number of thiocarbonyl (C=S) groups is 1. The maximum Gasteiger partial charge on any atom is 0.168 e. The Kier molecular flexibility index (Phi) is 3.78. The van der Waals surface area contributed by atoms with Gasteiger partial charge in [-0.15, -0.1) is 0 Å². The van der Waals surface area contributed by atoms with E-state index in [-0.39, 0.29) is 5.82 Å². The molecule has 0 aromatic heterocycles. The molecule has 1 aliphatic rings. The van der Waals surface area contributed by atoms with Crippen molar-refractivity contribution in [2.45, 2.75) is 0 Å². The maximum atomic E-state index is 12.8. The number of benzene rings is 1. The monoisotopic (exact) mass is 253 g/mol. The Bertz CT molecular complexity index is 385. The van der Waals surface area contributed by atoms with E-state index in [9.17, 15) is 4.39 Å². The molecule has 1 aromatic carbocycles. The summed E-state index contributed by atoms with van der Waals surface area (Å²) in [5.41, 5.74) is 1.07. The van der Waals surface area contributed by atoms with Crippen LogP contribution in [0.1, 0.15) is 0 Å². The van der Waals surface area contributed by atoms with Crippen LogP contribution in [0.3, 0.4) is 0 Å². The Morgan fingerprint density at radius 1 is 1.18 bits per heavy atom. The van der Waals surface area contributed by atoms with Crippen LogP contribution in [0.15, 0.2) is 24.3 Å². The van der Waals surface area contributed by atoms with Gasteiger partial charge in [0.05, 0.1) is 0 Å². The van der Waals surface area contributed by atoms with Crippen LogP contribution in [-0.4, -0.2) is 43.2 Å². The fourth-order valence-electron chi connectivity index (χ4n) is 1.98.